The van der Waals surface area contributed by atoms with Gasteiger partial charge in [0.15, 0.2) is 6.23 Å². The Labute approximate surface area is 147 Å². The minimum absolute atomic E-state index is 0.0165. The van der Waals surface area contributed by atoms with Gasteiger partial charge in [0.05, 0.1) is 31.9 Å². The van der Waals surface area contributed by atoms with Crippen LogP contribution >= 0.6 is 11.3 Å². The molecule has 0 saturated carbocycles. The maximum Gasteiger partial charge on any atom is 0.238 e. The van der Waals surface area contributed by atoms with Gasteiger partial charge in [-0.2, -0.15) is 5.10 Å². The molecule has 1 aliphatic rings. The topological polar surface area (TPSA) is 130 Å². The minimum Gasteiger partial charge on any atom is -0.368 e. The van der Waals surface area contributed by atoms with E-state index in [0.717, 1.165) is 21.5 Å². The number of aromatic nitrogens is 1. The summed E-state index contributed by atoms with van der Waals surface area (Å²) in [7, 11) is -3.74. The van der Waals surface area contributed by atoms with Crippen LogP contribution in [0.2, 0.25) is 0 Å². The molecule has 5 N–H and O–H groups in total. The van der Waals surface area contributed by atoms with Crippen molar-refractivity contribution in [1.29, 1.82) is 0 Å². The van der Waals surface area contributed by atoms with Crippen LogP contribution in [-0.2, 0) is 10.0 Å². The molecule has 0 bridgehead atoms. The van der Waals surface area contributed by atoms with Crippen molar-refractivity contribution in [2.75, 3.05) is 10.7 Å². The van der Waals surface area contributed by atoms with Crippen LogP contribution in [0.25, 0.3) is 10.2 Å². The molecule has 2 heterocycles. The van der Waals surface area contributed by atoms with Gasteiger partial charge in [-0.3, -0.25) is 5.43 Å². The molecule has 2 aromatic carbocycles. The van der Waals surface area contributed by atoms with Crippen molar-refractivity contribution in [2.24, 2.45) is 10.2 Å². The van der Waals surface area contributed by atoms with E-state index in [1.165, 1.54) is 23.5 Å². The zero-order valence-electron chi connectivity index (χ0n) is 12.7. The normalized spacial score (nSPS) is 18.3. The molecule has 8 nitrogen and oxygen atoms in total. The van der Waals surface area contributed by atoms with Crippen LogP contribution in [0.15, 0.2) is 51.9 Å². The Morgan fingerprint density at radius 2 is 2.00 bits per heavy atom. The summed E-state index contributed by atoms with van der Waals surface area (Å²) in [5, 5.41) is 22.5. The highest BCUT2D eigenvalue weighted by Gasteiger charge is 2.29. The number of sulfonamides is 1. The second-order valence-electron chi connectivity index (χ2n) is 5.41. The first-order valence-electron chi connectivity index (χ1n) is 7.21. The lowest BCUT2D eigenvalue weighted by atomic mass is 10.1. The third-order valence-corrected chi connectivity index (χ3v) is 5.52. The number of nitrogens with two attached hydrogens (primary N) is 1. The maximum atomic E-state index is 11.3. The van der Waals surface area contributed by atoms with E-state index in [4.69, 9.17) is 5.14 Å². The molecule has 0 amide bonds. The van der Waals surface area contributed by atoms with Gasteiger partial charge in [0.25, 0.3) is 0 Å². The summed E-state index contributed by atoms with van der Waals surface area (Å²) in [5.41, 5.74) is 7.83. The van der Waals surface area contributed by atoms with Crippen LogP contribution in [0, 0.1) is 0 Å². The average molecular weight is 375 g/mol. The summed E-state index contributed by atoms with van der Waals surface area (Å²) in [6.07, 6.45) is -0.960. The smallest absolute Gasteiger partial charge is 0.238 e. The van der Waals surface area contributed by atoms with Crippen molar-refractivity contribution in [1.82, 2.24) is 4.98 Å². The fraction of sp³-hybridized carbons (Fsp3) is 0.0667. The summed E-state index contributed by atoms with van der Waals surface area (Å²) in [4.78, 5) is 4.36. The number of rotatable bonds is 3. The van der Waals surface area contributed by atoms with Crippen molar-refractivity contribution in [3.05, 3.63) is 47.5 Å². The summed E-state index contributed by atoms with van der Waals surface area (Å²) in [6, 6.07) is 9.67. The van der Waals surface area contributed by atoms with E-state index in [2.05, 4.69) is 20.8 Å². The first-order chi connectivity index (χ1) is 11.9. The van der Waals surface area contributed by atoms with Crippen LogP contribution in [0.3, 0.4) is 0 Å². The Kier molecular flexibility index (Phi) is 3.69. The zero-order chi connectivity index (χ0) is 17.6. The van der Waals surface area contributed by atoms with E-state index in [1.807, 2.05) is 12.1 Å². The number of aliphatic hydroxyl groups is 1. The largest absolute Gasteiger partial charge is 0.368 e. The highest BCUT2D eigenvalue weighted by Crippen LogP contribution is 2.33. The van der Waals surface area contributed by atoms with E-state index < -0.39 is 16.3 Å². The fourth-order valence-corrected chi connectivity index (χ4v) is 3.82. The lowest BCUT2D eigenvalue weighted by Crippen LogP contribution is -2.23. The minimum atomic E-state index is -3.74. The van der Waals surface area contributed by atoms with Gasteiger partial charge in [-0.1, -0.05) is 0 Å². The Balaban J connectivity index is 1.68. The molecule has 10 heteroatoms. The molecule has 0 fully saturated rings. The molecule has 4 rings (SSSR count). The number of nitrogens with one attached hydrogen (secondary N) is 2. The number of aliphatic hydroxyl groups excluding tert-OH is 1. The molecule has 1 aromatic heterocycles. The van der Waals surface area contributed by atoms with Crippen molar-refractivity contribution in [3.8, 4) is 0 Å². The highest BCUT2D eigenvalue weighted by molar-refractivity contribution is 7.89. The SMILES string of the molecule is NS(=O)(=O)c1ccc(NN=C2c3c(ccc4scnc34)NC2O)cc1. The zero-order valence-corrected chi connectivity index (χ0v) is 14.3. The van der Waals surface area contributed by atoms with Gasteiger partial charge in [-0.05, 0) is 36.4 Å². The van der Waals surface area contributed by atoms with Crippen LogP contribution in [0.4, 0.5) is 11.4 Å². The highest BCUT2D eigenvalue weighted by atomic mass is 32.2. The second-order valence-corrected chi connectivity index (χ2v) is 7.86. The van der Waals surface area contributed by atoms with Gasteiger partial charge in [0.1, 0.15) is 5.71 Å². The summed E-state index contributed by atoms with van der Waals surface area (Å²) in [5.74, 6) is 0. The average Bonchev–Trinajstić information content (AvgIpc) is 3.15. The first kappa shape index (κ1) is 16.0. The van der Waals surface area contributed by atoms with E-state index in [1.54, 1.807) is 17.6 Å². The Bertz CT molecular complexity index is 1090. The van der Waals surface area contributed by atoms with Crippen molar-refractivity contribution in [2.45, 2.75) is 11.1 Å². The number of benzene rings is 2. The number of thiazole rings is 1. The number of primary sulfonamides is 1. The monoisotopic (exact) mass is 375 g/mol. The van der Waals surface area contributed by atoms with E-state index in [0.29, 0.717) is 11.4 Å². The molecule has 0 saturated heterocycles. The molecule has 0 spiro atoms. The third kappa shape index (κ3) is 2.85. The summed E-state index contributed by atoms with van der Waals surface area (Å²) < 4.78 is 23.5. The predicted octanol–water partition coefficient (Wildman–Crippen LogP) is 1.50. The van der Waals surface area contributed by atoms with Gasteiger partial charge in [0.2, 0.25) is 10.0 Å². The molecular weight excluding hydrogens is 362 g/mol. The number of hydrogen-bond acceptors (Lipinski definition) is 8. The van der Waals surface area contributed by atoms with Crippen LogP contribution < -0.4 is 15.9 Å². The van der Waals surface area contributed by atoms with Crippen molar-refractivity contribution < 1.29 is 13.5 Å². The van der Waals surface area contributed by atoms with Gasteiger partial charge < -0.3 is 10.4 Å². The van der Waals surface area contributed by atoms with E-state index >= 15 is 0 Å². The number of anilines is 2. The molecular formula is C15H13N5O3S2. The van der Waals surface area contributed by atoms with Gasteiger partial charge >= 0.3 is 0 Å². The first-order valence-corrected chi connectivity index (χ1v) is 9.64. The molecule has 128 valence electrons. The fourth-order valence-electron chi connectivity index (χ4n) is 2.62. The Morgan fingerprint density at radius 3 is 2.72 bits per heavy atom. The Morgan fingerprint density at radius 1 is 1.24 bits per heavy atom. The molecule has 0 aliphatic carbocycles. The van der Waals surface area contributed by atoms with Crippen LogP contribution in [0.1, 0.15) is 5.56 Å². The lowest BCUT2D eigenvalue weighted by Gasteiger charge is -2.06. The van der Waals surface area contributed by atoms with E-state index in [9.17, 15) is 13.5 Å². The van der Waals surface area contributed by atoms with E-state index in [-0.39, 0.29) is 4.90 Å². The molecule has 3 aromatic rings. The molecule has 1 aliphatic heterocycles. The maximum absolute atomic E-state index is 11.3. The standard InChI is InChI=1S/C15H13N5O3S2/c16-25(22,23)9-3-1-8(2-4-9)19-20-14-12-10(18-15(14)21)5-6-11-13(12)17-7-24-11/h1-7,15,18-19,21H,(H2,16,22,23). The van der Waals surface area contributed by atoms with Gasteiger partial charge in [-0.25, -0.2) is 18.5 Å². The molecule has 1 unspecified atom stereocenters. The molecule has 0 radical (unpaired) electrons. The third-order valence-electron chi connectivity index (χ3n) is 3.80. The molecule has 1 atom stereocenters. The van der Waals surface area contributed by atoms with Crippen LogP contribution in [0.5, 0.6) is 0 Å². The van der Waals surface area contributed by atoms with Gasteiger partial charge in [0, 0.05) is 5.69 Å². The molecule has 25 heavy (non-hydrogen) atoms. The van der Waals surface area contributed by atoms with Crippen LogP contribution in [-0.4, -0.2) is 30.4 Å². The number of fused-ring (bicyclic) bond motifs is 3. The second kappa shape index (κ2) is 5.77. The van der Waals surface area contributed by atoms with Crippen molar-refractivity contribution >= 4 is 48.7 Å². The Hall–Kier alpha value is -2.53. The van der Waals surface area contributed by atoms with Gasteiger partial charge in [-0.15, -0.1) is 11.3 Å². The number of hydrazone groups is 1. The predicted molar refractivity (Wildman–Crippen MR) is 97.2 cm³/mol. The lowest BCUT2D eigenvalue weighted by molar-refractivity contribution is 0.274. The number of nitrogens with zero attached hydrogens (tertiary/aromatic N) is 2. The number of hydrogen-bond donors (Lipinski definition) is 4. The quantitative estimate of drug-likeness (QED) is 0.513. The van der Waals surface area contributed by atoms with Crippen molar-refractivity contribution in [3.63, 3.8) is 0 Å². The summed E-state index contributed by atoms with van der Waals surface area (Å²) in [6.45, 7) is 0. The summed E-state index contributed by atoms with van der Waals surface area (Å²) >= 11 is 1.51.